The SMILES string of the molecule is CC(C)NCc1ccc(CS(=O)(=O)C2CCOC2C)o1. The fraction of sp³-hybridized carbons (Fsp3) is 0.714. The van der Waals surface area contributed by atoms with Crippen LogP contribution in [0.5, 0.6) is 0 Å². The van der Waals surface area contributed by atoms with Crippen LogP contribution in [0.4, 0.5) is 0 Å². The second-order valence-electron chi connectivity index (χ2n) is 5.61. The van der Waals surface area contributed by atoms with Crippen LogP contribution >= 0.6 is 0 Å². The van der Waals surface area contributed by atoms with E-state index < -0.39 is 15.1 Å². The van der Waals surface area contributed by atoms with Crippen LogP contribution in [0, 0.1) is 0 Å². The zero-order chi connectivity index (χ0) is 14.8. The van der Waals surface area contributed by atoms with Crippen molar-refractivity contribution in [1.29, 1.82) is 0 Å². The van der Waals surface area contributed by atoms with Gasteiger partial charge in [0.05, 0.1) is 17.9 Å². The first-order valence-electron chi connectivity index (χ1n) is 7.02. The molecule has 1 aromatic rings. The molecule has 6 heteroatoms. The van der Waals surface area contributed by atoms with Crippen molar-refractivity contribution in [3.63, 3.8) is 0 Å². The summed E-state index contributed by atoms with van der Waals surface area (Å²) in [6, 6.07) is 3.94. The van der Waals surface area contributed by atoms with E-state index in [4.69, 9.17) is 9.15 Å². The number of hydrogen-bond donors (Lipinski definition) is 1. The van der Waals surface area contributed by atoms with E-state index in [1.165, 1.54) is 0 Å². The van der Waals surface area contributed by atoms with Crippen LogP contribution < -0.4 is 5.32 Å². The Labute approximate surface area is 120 Å². The highest BCUT2D eigenvalue weighted by Gasteiger charge is 2.36. The van der Waals surface area contributed by atoms with E-state index in [0.29, 0.717) is 31.4 Å². The smallest absolute Gasteiger partial charge is 0.163 e. The molecule has 1 saturated heterocycles. The topological polar surface area (TPSA) is 68.5 Å². The predicted molar refractivity (Wildman–Crippen MR) is 77.1 cm³/mol. The normalized spacial score (nSPS) is 23.6. The van der Waals surface area contributed by atoms with Gasteiger partial charge in [-0.2, -0.15) is 0 Å². The van der Waals surface area contributed by atoms with Crippen molar-refractivity contribution in [2.45, 2.75) is 56.9 Å². The van der Waals surface area contributed by atoms with Crippen molar-refractivity contribution in [2.24, 2.45) is 0 Å². The average molecular weight is 301 g/mol. The first-order chi connectivity index (χ1) is 9.38. The van der Waals surface area contributed by atoms with Gasteiger partial charge < -0.3 is 14.5 Å². The minimum atomic E-state index is -3.22. The van der Waals surface area contributed by atoms with Crippen molar-refractivity contribution >= 4 is 9.84 Å². The Morgan fingerprint density at radius 2 is 2.05 bits per heavy atom. The van der Waals surface area contributed by atoms with Crippen LogP contribution in [0.15, 0.2) is 16.5 Å². The number of sulfone groups is 1. The minimum absolute atomic E-state index is 0.0486. The molecule has 0 spiro atoms. The maximum atomic E-state index is 12.3. The van der Waals surface area contributed by atoms with Gasteiger partial charge in [0.2, 0.25) is 0 Å². The Bertz CT molecular complexity index is 535. The second-order valence-corrected chi connectivity index (χ2v) is 7.83. The molecule has 2 heterocycles. The Hall–Kier alpha value is -0.850. The molecule has 2 atom stereocenters. The molecule has 0 amide bonds. The van der Waals surface area contributed by atoms with Gasteiger partial charge in [-0.15, -0.1) is 0 Å². The summed E-state index contributed by atoms with van der Waals surface area (Å²) in [4.78, 5) is 0. The van der Waals surface area contributed by atoms with E-state index in [1.54, 1.807) is 6.07 Å². The quantitative estimate of drug-likeness (QED) is 0.868. The summed E-state index contributed by atoms with van der Waals surface area (Å²) in [6.45, 7) is 7.05. The van der Waals surface area contributed by atoms with Gasteiger partial charge >= 0.3 is 0 Å². The third-order valence-electron chi connectivity index (χ3n) is 3.51. The Balaban J connectivity index is 1.99. The summed E-state index contributed by atoms with van der Waals surface area (Å²) in [6.07, 6.45) is 0.350. The van der Waals surface area contributed by atoms with Crippen molar-refractivity contribution in [2.75, 3.05) is 6.61 Å². The van der Waals surface area contributed by atoms with E-state index in [0.717, 1.165) is 5.76 Å². The fourth-order valence-electron chi connectivity index (χ4n) is 2.39. The highest BCUT2D eigenvalue weighted by atomic mass is 32.2. The van der Waals surface area contributed by atoms with Gasteiger partial charge in [-0.3, -0.25) is 0 Å². The first-order valence-corrected chi connectivity index (χ1v) is 8.74. The molecule has 0 radical (unpaired) electrons. The van der Waals surface area contributed by atoms with Gasteiger partial charge in [0.15, 0.2) is 9.84 Å². The highest BCUT2D eigenvalue weighted by Crippen LogP contribution is 2.24. The molecule has 20 heavy (non-hydrogen) atoms. The zero-order valence-corrected chi connectivity index (χ0v) is 13.1. The molecule has 2 rings (SSSR count). The van der Waals surface area contributed by atoms with E-state index in [-0.39, 0.29) is 11.9 Å². The Kier molecular flexibility index (Phi) is 4.88. The molecule has 2 unspecified atom stereocenters. The molecule has 0 bridgehead atoms. The van der Waals surface area contributed by atoms with Gasteiger partial charge in [-0.1, -0.05) is 13.8 Å². The van der Waals surface area contributed by atoms with Crippen LogP contribution in [0.25, 0.3) is 0 Å². The maximum absolute atomic E-state index is 12.3. The molecule has 1 aliphatic rings. The molecular weight excluding hydrogens is 278 g/mol. The molecule has 0 aromatic carbocycles. The monoisotopic (exact) mass is 301 g/mol. The summed E-state index contributed by atoms with van der Waals surface area (Å²) >= 11 is 0. The maximum Gasteiger partial charge on any atom is 0.163 e. The minimum Gasteiger partial charge on any atom is -0.464 e. The van der Waals surface area contributed by atoms with E-state index in [2.05, 4.69) is 19.2 Å². The second kappa shape index (κ2) is 6.28. The predicted octanol–water partition coefficient (Wildman–Crippen LogP) is 1.87. The van der Waals surface area contributed by atoms with E-state index in [1.807, 2.05) is 13.0 Å². The Morgan fingerprint density at radius 1 is 1.35 bits per heavy atom. The van der Waals surface area contributed by atoms with Crippen LogP contribution in [-0.2, 0) is 26.9 Å². The van der Waals surface area contributed by atoms with Crippen molar-refractivity contribution < 1.29 is 17.6 Å². The van der Waals surface area contributed by atoms with E-state index >= 15 is 0 Å². The molecule has 1 N–H and O–H groups in total. The van der Waals surface area contributed by atoms with Crippen molar-refractivity contribution in [1.82, 2.24) is 5.32 Å². The molecule has 0 saturated carbocycles. The molecule has 1 fully saturated rings. The third kappa shape index (κ3) is 3.84. The summed E-state index contributed by atoms with van der Waals surface area (Å²) in [7, 11) is -3.22. The van der Waals surface area contributed by atoms with Crippen LogP contribution in [-0.4, -0.2) is 32.4 Å². The Morgan fingerprint density at radius 3 is 2.65 bits per heavy atom. The van der Waals surface area contributed by atoms with E-state index in [9.17, 15) is 8.42 Å². The summed E-state index contributed by atoms with van der Waals surface area (Å²) in [5.74, 6) is 1.22. The lowest BCUT2D eigenvalue weighted by atomic mass is 10.3. The lowest BCUT2D eigenvalue weighted by molar-refractivity contribution is 0.126. The van der Waals surface area contributed by atoms with Crippen LogP contribution in [0.3, 0.4) is 0 Å². The fourth-order valence-corrected chi connectivity index (χ4v) is 4.27. The van der Waals surface area contributed by atoms with Gasteiger partial charge in [-0.05, 0) is 25.5 Å². The van der Waals surface area contributed by atoms with Gasteiger partial charge in [0.25, 0.3) is 0 Å². The summed E-state index contributed by atoms with van der Waals surface area (Å²) < 4.78 is 35.6. The highest BCUT2D eigenvalue weighted by molar-refractivity contribution is 7.91. The molecular formula is C14H23NO4S. The van der Waals surface area contributed by atoms with Crippen molar-refractivity contribution in [3.8, 4) is 0 Å². The van der Waals surface area contributed by atoms with Gasteiger partial charge in [0.1, 0.15) is 17.3 Å². The molecule has 114 valence electrons. The first kappa shape index (κ1) is 15.5. The number of nitrogens with one attached hydrogen (secondary N) is 1. The molecule has 5 nitrogen and oxygen atoms in total. The van der Waals surface area contributed by atoms with Crippen molar-refractivity contribution in [3.05, 3.63) is 23.7 Å². The summed E-state index contributed by atoms with van der Waals surface area (Å²) in [5, 5.41) is 2.82. The largest absolute Gasteiger partial charge is 0.464 e. The standard InChI is InChI=1S/C14H23NO4S/c1-10(2)15-8-12-4-5-13(19-12)9-20(16,17)14-6-7-18-11(14)3/h4-5,10-11,14-15H,6-9H2,1-3H3. The van der Waals surface area contributed by atoms with Gasteiger partial charge in [-0.25, -0.2) is 8.42 Å². The van der Waals surface area contributed by atoms with Crippen LogP contribution in [0.2, 0.25) is 0 Å². The average Bonchev–Trinajstić information content (AvgIpc) is 2.95. The zero-order valence-electron chi connectivity index (χ0n) is 12.3. The lowest BCUT2D eigenvalue weighted by Gasteiger charge is -2.13. The van der Waals surface area contributed by atoms with Gasteiger partial charge in [0, 0.05) is 12.6 Å². The molecule has 1 aliphatic heterocycles. The molecule has 1 aromatic heterocycles. The lowest BCUT2D eigenvalue weighted by Crippen LogP contribution is -2.29. The van der Waals surface area contributed by atoms with Crippen LogP contribution in [0.1, 0.15) is 38.7 Å². The number of rotatable bonds is 6. The third-order valence-corrected chi connectivity index (χ3v) is 5.74. The number of ether oxygens (including phenoxy) is 1. The number of hydrogen-bond acceptors (Lipinski definition) is 5. The summed E-state index contributed by atoms with van der Waals surface area (Å²) in [5.41, 5.74) is 0. The molecule has 0 aliphatic carbocycles. The number of furan rings is 1.